The highest BCUT2D eigenvalue weighted by Crippen LogP contribution is 2.34. The predicted octanol–water partition coefficient (Wildman–Crippen LogP) is 3.05. The van der Waals surface area contributed by atoms with Crippen molar-refractivity contribution < 1.29 is 5.11 Å². The van der Waals surface area contributed by atoms with Crippen molar-refractivity contribution in [2.75, 3.05) is 18.5 Å². The molecule has 100 valence electrons. The lowest BCUT2D eigenvalue weighted by Gasteiger charge is -2.21. The first kappa shape index (κ1) is 13.2. The Kier molecular flexibility index (Phi) is 4.12. The van der Waals surface area contributed by atoms with Gasteiger partial charge in [-0.15, -0.1) is 0 Å². The molecule has 0 amide bonds. The molecule has 2 N–H and O–H groups in total. The van der Waals surface area contributed by atoms with Crippen molar-refractivity contribution >= 4 is 5.69 Å². The molecule has 1 unspecified atom stereocenters. The predicted molar refractivity (Wildman–Crippen MR) is 76.2 cm³/mol. The standard InChI is InChI=1S/C15H24N2O/c1-4-9-16-11(2)14-8-7-13(10-15(14)18)17(3)12-5-6-12/h7-8,10-12,16,18H,4-6,9H2,1-3H3. The summed E-state index contributed by atoms with van der Waals surface area (Å²) in [6, 6.07) is 6.91. The molecule has 2 rings (SSSR count). The summed E-state index contributed by atoms with van der Waals surface area (Å²) in [6.45, 7) is 5.21. The Morgan fingerprint density at radius 2 is 2.17 bits per heavy atom. The fraction of sp³-hybridized carbons (Fsp3) is 0.600. The Labute approximate surface area is 110 Å². The average molecular weight is 248 g/mol. The van der Waals surface area contributed by atoms with Crippen LogP contribution in [0.25, 0.3) is 0 Å². The van der Waals surface area contributed by atoms with Crippen molar-refractivity contribution in [3.05, 3.63) is 23.8 Å². The number of benzene rings is 1. The molecule has 1 saturated carbocycles. The van der Waals surface area contributed by atoms with Gasteiger partial charge in [0, 0.05) is 36.4 Å². The monoisotopic (exact) mass is 248 g/mol. The van der Waals surface area contributed by atoms with Crippen molar-refractivity contribution in [3.8, 4) is 5.75 Å². The summed E-state index contributed by atoms with van der Waals surface area (Å²) in [5.74, 6) is 0.399. The van der Waals surface area contributed by atoms with Gasteiger partial charge >= 0.3 is 0 Å². The van der Waals surface area contributed by atoms with Crippen LogP contribution in [-0.4, -0.2) is 24.7 Å². The first-order valence-electron chi connectivity index (χ1n) is 6.92. The van der Waals surface area contributed by atoms with E-state index in [4.69, 9.17) is 0 Å². The lowest BCUT2D eigenvalue weighted by molar-refractivity contribution is 0.452. The minimum Gasteiger partial charge on any atom is -0.508 e. The van der Waals surface area contributed by atoms with Crippen molar-refractivity contribution in [2.24, 2.45) is 0 Å². The summed E-state index contributed by atoms with van der Waals surface area (Å²) in [7, 11) is 2.10. The second-order valence-electron chi connectivity index (χ2n) is 5.26. The Hall–Kier alpha value is -1.22. The maximum absolute atomic E-state index is 10.1. The molecule has 0 heterocycles. The fourth-order valence-corrected chi connectivity index (χ4v) is 2.26. The number of phenols is 1. The Balaban J connectivity index is 2.08. The van der Waals surface area contributed by atoms with Gasteiger partial charge in [-0.3, -0.25) is 0 Å². The van der Waals surface area contributed by atoms with Crippen LogP contribution in [0.3, 0.4) is 0 Å². The largest absolute Gasteiger partial charge is 0.508 e. The van der Waals surface area contributed by atoms with Crippen LogP contribution < -0.4 is 10.2 Å². The normalized spacial score (nSPS) is 16.6. The fourth-order valence-electron chi connectivity index (χ4n) is 2.26. The molecule has 1 aromatic rings. The lowest BCUT2D eigenvalue weighted by Crippen LogP contribution is -2.21. The first-order chi connectivity index (χ1) is 8.63. The number of rotatable bonds is 6. The van der Waals surface area contributed by atoms with Crippen molar-refractivity contribution in [1.29, 1.82) is 0 Å². The molecule has 0 radical (unpaired) electrons. The second-order valence-corrected chi connectivity index (χ2v) is 5.26. The van der Waals surface area contributed by atoms with Crippen LogP contribution in [0.2, 0.25) is 0 Å². The van der Waals surface area contributed by atoms with Crippen LogP contribution >= 0.6 is 0 Å². The van der Waals surface area contributed by atoms with Crippen molar-refractivity contribution in [3.63, 3.8) is 0 Å². The lowest BCUT2D eigenvalue weighted by atomic mass is 10.1. The molecular weight excluding hydrogens is 224 g/mol. The van der Waals surface area contributed by atoms with Crippen molar-refractivity contribution in [1.82, 2.24) is 5.32 Å². The smallest absolute Gasteiger partial charge is 0.122 e. The van der Waals surface area contributed by atoms with E-state index in [9.17, 15) is 5.11 Å². The number of hydrogen-bond acceptors (Lipinski definition) is 3. The molecule has 0 bridgehead atoms. The van der Waals surface area contributed by atoms with E-state index in [1.165, 1.54) is 12.8 Å². The van der Waals surface area contributed by atoms with Gasteiger partial charge in [0.25, 0.3) is 0 Å². The highest BCUT2D eigenvalue weighted by Gasteiger charge is 2.26. The maximum atomic E-state index is 10.1. The van der Waals surface area contributed by atoms with Crippen LogP contribution in [0.4, 0.5) is 5.69 Å². The summed E-state index contributed by atoms with van der Waals surface area (Å²) in [6.07, 6.45) is 3.65. The topological polar surface area (TPSA) is 35.5 Å². The number of nitrogens with zero attached hydrogens (tertiary/aromatic N) is 1. The summed E-state index contributed by atoms with van der Waals surface area (Å²) in [5, 5.41) is 13.5. The summed E-state index contributed by atoms with van der Waals surface area (Å²) in [4.78, 5) is 2.26. The highest BCUT2D eigenvalue weighted by molar-refractivity contribution is 5.54. The molecule has 1 fully saturated rings. The molecule has 18 heavy (non-hydrogen) atoms. The van der Waals surface area contributed by atoms with Gasteiger partial charge < -0.3 is 15.3 Å². The molecule has 1 aliphatic carbocycles. The van der Waals surface area contributed by atoms with Crippen LogP contribution in [-0.2, 0) is 0 Å². The SMILES string of the molecule is CCCNC(C)c1ccc(N(C)C2CC2)cc1O. The molecule has 3 heteroatoms. The molecule has 0 saturated heterocycles. The van der Waals surface area contributed by atoms with E-state index in [0.29, 0.717) is 11.8 Å². The van der Waals surface area contributed by atoms with Gasteiger partial charge in [-0.25, -0.2) is 0 Å². The molecule has 1 aliphatic rings. The van der Waals surface area contributed by atoms with E-state index in [-0.39, 0.29) is 6.04 Å². The number of anilines is 1. The summed E-state index contributed by atoms with van der Waals surface area (Å²) >= 11 is 0. The minimum atomic E-state index is 0.199. The average Bonchev–Trinajstić information content (AvgIpc) is 3.19. The van der Waals surface area contributed by atoms with Gasteiger partial charge in [0.05, 0.1) is 0 Å². The van der Waals surface area contributed by atoms with E-state index < -0.39 is 0 Å². The third kappa shape index (κ3) is 2.96. The second kappa shape index (κ2) is 5.61. The highest BCUT2D eigenvalue weighted by atomic mass is 16.3. The number of aromatic hydroxyl groups is 1. The summed E-state index contributed by atoms with van der Waals surface area (Å²) < 4.78 is 0. The quantitative estimate of drug-likeness (QED) is 0.812. The van der Waals surface area contributed by atoms with Crippen molar-refractivity contribution in [2.45, 2.75) is 45.2 Å². The van der Waals surface area contributed by atoms with Gasteiger partial charge in [0.15, 0.2) is 0 Å². The zero-order valence-electron chi connectivity index (χ0n) is 11.6. The van der Waals surface area contributed by atoms with Crippen LogP contribution in [0.5, 0.6) is 5.75 Å². The van der Waals surface area contributed by atoms with E-state index in [0.717, 1.165) is 24.2 Å². The molecule has 1 atom stereocenters. The molecular formula is C15H24N2O. The summed E-state index contributed by atoms with van der Waals surface area (Å²) in [5.41, 5.74) is 2.10. The zero-order valence-corrected chi connectivity index (χ0v) is 11.6. The van der Waals surface area contributed by atoms with Gasteiger partial charge in [0.1, 0.15) is 5.75 Å². The Morgan fingerprint density at radius 1 is 1.44 bits per heavy atom. The molecule has 0 spiro atoms. The third-order valence-corrected chi connectivity index (χ3v) is 3.68. The van der Waals surface area contributed by atoms with Crippen LogP contribution in [0.15, 0.2) is 18.2 Å². The van der Waals surface area contributed by atoms with Crippen LogP contribution in [0.1, 0.15) is 44.7 Å². The van der Waals surface area contributed by atoms with Gasteiger partial charge in [-0.05, 0) is 38.8 Å². The van der Waals surface area contributed by atoms with Crippen LogP contribution in [0, 0.1) is 0 Å². The van der Waals surface area contributed by atoms with Gasteiger partial charge in [0.2, 0.25) is 0 Å². The minimum absolute atomic E-state index is 0.199. The third-order valence-electron chi connectivity index (χ3n) is 3.68. The molecule has 1 aromatic carbocycles. The first-order valence-corrected chi connectivity index (χ1v) is 6.92. The maximum Gasteiger partial charge on any atom is 0.122 e. The van der Waals surface area contributed by atoms with Gasteiger partial charge in [-0.2, -0.15) is 0 Å². The van der Waals surface area contributed by atoms with E-state index in [1.54, 1.807) is 0 Å². The Bertz CT molecular complexity index is 401. The zero-order chi connectivity index (χ0) is 13.1. The molecule has 3 nitrogen and oxygen atoms in total. The molecule has 0 aliphatic heterocycles. The van der Waals surface area contributed by atoms with E-state index in [1.807, 2.05) is 12.1 Å². The van der Waals surface area contributed by atoms with E-state index >= 15 is 0 Å². The number of hydrogen-bond donors (Lipinski definition) is 2. The number of phenolic OH excluding ortho intramolecular Hbond substituents is 1. The number of nitrogens with one attached hydrogen (secondary N) is 1. The molecule has 0 aromatic heterocycles. The van der Waals surface area contributed by atoms with Gasteiger partial charge in [-0.1, -0.05) is 13.0 Å². The Morgan fingerprint density at radius 3 is 2.72 bits per heavy atom. The van der Waals surface area contributed by atoms with E-state index in [2.05, 4.69) is 37.2 Å².